The van der Waals surface area contributed by atoms with Crippen molar-refractivity contribution in [3.05, 3.63) is 64.7 Å². The first-order chi connectivity index (χ1) is 17.7. The quantitative estimate of drug-likeness (QED) is 0.354. The molecule has 2 aromatic rings. The summed E-state index contributed by atoms with van der Waals surface area (Å²) in [5.41, 5.74) is 0.649. The van der Waals surface area contributed by atoms with Gasteiger partial charge < -0.3 is 24.5 Å². The monoisotopic (exact) mass is 503 g/mol. The molecule has 0 aliphatic carbocycles. The van der Waals surface area contributed by atoms with E-state index in [1.165, 1.54) is 4.90 Å². The van der Waals surface area contributed by atoms with Gasteiger partial charge in [0.05, 0.1) is 11.3 Å². The number of fused-ring (bicyclic) bond motifs is 3. The van der Waals surface area contributed by atoms with Crippen LogP contribution in [0.15, 0.2) is 48.0 Å². The fourth-order valence-corrected chi connectivity index (χ4v) is 5.87. The maximum Gasteiger partial charge on any atom is 0.296 e. The Labute approximate surface area is 217 Å². The summed E-state index contributed by atoms with van der Waals surface area (Å²) >= 11 is 0. The number of carbonyl (C=O) groups is 3. The maximum atomic E-state index is 14.4. The number of aliphatic hydroxyl groups excluding tert-OH is 1. The van der Waals surface area contributed by atoms with Gasteiger partial charge in [0.25, 0.3) is 17.6 Å². The molecule has 37 heavy (non-hydrogen) atoms. The highest BCUT2D eigenvalue weighted by atomic mass is 16.5. The molecule has 5 rings (SSSR count). The summed E-state index contributed by atoms with van der Waals surface area (Å²) in [6.07, 6.45) is 1.96. The lowest BCUT2D eigenvalue weighted by atomic mass is 9.81. The third kappa shape index (κ3) is 3.73. The van der Waals surface area contributed by atoms with E-state index in [1.54, 1.807) is 35.2 Å². The van der Waals surface area contributed by atoms with E-state index in [2.05, 4.69) is 0 Å². The first kappa shape index (κ1) is 25.0. The molecule has 1 spiro atoms. The standard InChI is InChI=1S/C29H33N3O5/c1-5-13-31-22-10-7-6-9-21(22)29(28(31)36)24(26(34)27(35)32(29)15-8-14-30(3)4)25(33)19-11-12-23-20(17-19)16-18(2)37-23/h6-7,9-12,17-18,33H,5,8,13-16H2,1-4H3/t18-,29-/m0/s1. The van der Waals surface area contributed by atoms with Crippen molar-refractivity contribution in [3.63, 3.8) is 0 Å². The summed E-state index contributed by atoms with van der Waals surface area (Å²) in [6.45, 7) is 5.26. The first-order valence-electron chi connectivity index (χ1n) is 12.9. The molecular formula is C29H33N3O5. The molecule has 1 saturated heterocycles. The molecule has 1 N–H and O–H groups in total. The van der Waals surface area contributed by atoms with Gasteiger partial charge in [0.15, 0.2) is 5.54 Å². The van der Waals surface area contributed by atoms with Crippen molar-refractivity contribution in [1.82, 2.24) is 9.80 Å². The summed E-state index contributed by atoms with van der Waals surface area (Å²) < 4.78 is 5.79. The number of likely N-dealkylation sites (tertiary alicyclic amines) is 1. The van der Waals surface area contributed by atoms with E-state index in [0.29, 0.717) is 49.2 Å². The van der Waals surface area contributed by atoms with Crippen molar-refractivity contribution in [2.75, 3.05) is 38.6 Å². The molecule has 194 valence electrons. The number of hydrogen-bond donors (Lipinski definition) is 1. The van der Waals surface area contributed by atoms with Gasteiger partial charge in [-0.25, -0.2) is 0 Å². The van der Waals surface area contributed by atoms with E-state index in [-0.39, 0.29) is 29.9 Å². The molecule has 0 saturated carbocycles. The number of nitrogens with zero attached hydrogens (tertiary/aromatic N) is 3. The molecule has 0 radical (unpaired) electrons. The second-order valence-corrected chi connectivity index (χ2v) is 10.3. The Bertz CT molecular complexity index is 1320. The number of ketones is 1. The Morgan fingerprint density at radius 2 is 1.89 bits per heavy atom. The third-order valence-electron chi connectivity index (χ3n) is 7.41. The van der Waals surface area contributed by atoms with E-state index in [9.17, 15) is 19.5 Å². The Morgan fingerprint density at radius 1 is 1.14 bits per heavy atom. The van der Waals surface area contributed by atoms with Gasteiger partial charge >= 0.3 is 0 Å². The number of benzene rings is 2. The number of para-hydroxylation sites is 1. The highest BCUT2D eigenvalue weighted by Gasteiger charge is 2.66. The molecular weight excluding hydrogens is 470 g/mol. The fourth-order valence-electron chi connectivity index (χ4n) is 5.87. The van der Waals surface area contributed by atoms with E-state index in [1.807, 2.05) is 45.0 Å². The second-order valence-electron chi connectivity index (χ2n) is 10.3. The summed E-state index contributed by atoms with van der Waals surface area (Å²) in [7, 11) is 3.86. The van der Waals surface area contributed by atoms with Crippen LogP contribution in [-0.2, 0) is 26.3 Å². The predicted molar refractivity (Wildman–Crippen MR) is 140 cm³/mol. The molecule has 2 atom stereocenters. The fraction of sp³-hybridized carbons (Fsp3) is 0.414. The first-order valence-corrected chi connectivity index (χ1v) is 12.9. The Morgan fingerprint density at radius 3 is 2.62 bits per heavy atom. The zero-order chi connectivity index (χ0) is 26.5. The molecule has 0 unspecified atom stereocenters. The summed E-state index contributed by atoms with van der Waals surface area (Å²) in [5, 5.41) is 11.7. The number of Topliss-reactive ketones (excluding diaryl/α,β-unsaturated/α-hetero) is 1. The van der Waals surface area contributed by atoms with Gasteiger partial charge in [-0.05, 0) is 70.2 Å². The lowest BCUT2D eigenvalue weighted by Crippen LogP contribution is -2.52. The van der Waals surface area contributed by atoms with Crippen molar-refractivity contribution in [2.24, 2.45) is 0 Å². The van der Waals surface area contributed by atoms with Crippen molar-refractivity contribution in [3.8, 4) is 5.75 Å². The van der Waals surface area contributed by atoms with Crippen LogP contribution in [0.3, 0.4) is 0 Å². The highest BCUT2D eigenvalue weighted by Crippen LogP contribution is 2.53. The van der Waals surface area contributed by atoms with E-state index >= 15 is 0 Å². The normalized spacial score (nSPS) is 23.8. The van der Waals surface area contributed by atoms with Crippen molar-refractivity contribution >= 4 is 29.0 Å². The Balaban J connectivity index is 1.73. The number of aliphatic hydroxyl groups is 1. The number of ether oxygens (including phenoxy) is 1. The van der Waals surface area contributed by atoms with Crippen molar-refractivity contribution in [2.45, 2.75) is 44.8 Å². The molecule has 0 aromatic heterocycles. The molecule has 3 heterocycles. The van der Waals surface area contributed by atoms with Crippen LogP contribution in [0.2, 0.25) is 0 Å². The van der Waals surface area contributed by atoms with Gasteiger partial charge in [0.2, 0.25) is 0 Å². The minimum atomic E-state index is -1.71. The number of amides is 2. The van der Waals surface area contributed by atoms with Gasteiger partial charge in [-0.15, -0.1) is 0 Å². The van der Waals surface area contributed by atoms with Crippen LogP contribution in [0, 0.1) is 0 Å². The molecule has 3 aliphatic rings. The summed E-state index contributed by atoms with van der Waals surface area (Å²) in [5.74, 6) is -1.58. The van der Waals surface area contributed by atoms with Crippen LogP contribution in [-0.4, -0.2) is 72.3 Å². The van der Waals surface area contributed by atoms with E-state index in [4.69, 9.17) is 4.74 Å². The Kier molecular flexibility index (Phi) is 6.31. The zero-order valence-electron chi connectivity index (χ0n) is 21.8. The lowest BCUT2D eigenvalue weighted by Gasteiger charge is -2.34. The largest absolute Gasteiger partial charge is 0.507 e. The number of hydrogen-bond acceptors (Lipinski definition) is 6. The van der Waals surface area contributed by atoms with Gasteiger partial charge in [0, 0.05) is 30.6 Å². The topological polar surface area (TPSA) is 90.4 Å². The van der Waals surface area contributed by atoms with Gasteiger partial charge in [-0.3, -0.25) is 14.4 Å². The zero-order valence-corrected chi connectivity index (χ0v) is 21.8. The van der Waals surface area contributed by atoms with Crippen LogP contribution in [0.1, 0.15) is 43.4 Å². The van der Waals surface area contributed by atoms with Gasteiger partial charge in [-0.2, -0.15) is 0 Å². The highest BCUT2D eigenvalue weighted by molar-refractivity contribution is 6.50. The molecule has 3 aliphatic heterocycles. The van der Waals surface area contributed by atoms with Gasteiger partial charge in [-0.1, -0.05) is 25.1 Å². The lowest BCUT2D eigenvalue weighted by molar-refractivity contribution is -0.143. The van der Waals surface area contributed by atoms with Gasteiger partial charge in [0.1, 0.15) is 17.6 Å². The molecule has 2 aromatic carbocycles. The van der Waals surface area contributed by atoms with E-state index < -0.39 is 17.2 Å². The molecule has 0 bridgehead atoms. The van der Waals surface area contributed by atoms with Crippen molar-refractivity contribution < 1.29 is 24.2 Å². The molecule has 8 nitrogen and oxygen atoms in total. The van der Waals surface area contributed by atoms with Crippen LogP contribution in [0.4, 0.5) is 5.69 Å². The molecule has 2 amide bonds. The SMILES string of the molecule is CCCN1C(=O)[C@@]2(C(=C(O)c3ccc4c(c3)C[C@H](C)O4)C(=O)C(=O)N2CCCN(C)C)c2ccccc21. The smallest absolute Gasteiger partial charge is 0.296 e. The predicted octanol–water partition coefficient (Wildman–Crippen LogP) is 3.29. The summed E-state index contributed by atoms with van der Waals surface area (Å²) in [4.78, 5) is 46.6. The number of rotatable bonds is 7. The van der Waals surface area contributed by atoms with Crippen LogP contribution in [0.25, 0.3) is 5.76 Å². The summed E-state index contributed by atoms with van der Waals surface area (Å²) in [6, 6.07) is 12.5. The minimum absolute atomic E-state index is 0.0131. The molecule has 1 fully saturated rings. The maximum absolute atomic E-state index is 14.4. The Hall–Kier alpha value is -3.65. The number of carbonyl (C=O) groups excluding carboxylic acids is 3. The third-order valence-corrected chi connectivity index (χ3v) is 7.41. The van der Waals surface area contributed by atoms with Crippen molar-refractivity contribution in [1.29, 1.82) is 0 Å². The van der Waals surface area contributed by atoms with Crippen LogP contribution < -0.4 is 9.64 Å². The minimum Gasteiger partial charge on any atom is -0.507 e. The average molecular weight is 504 g/mol. The second kappa shape index (κ2) is 9.34. The van der Waals surface area contributed by atoms with Crippen LogP contribution in [0.5, 0.6) is 5.75 Å². The average Bonchev–Trinajstić information content (AvgIpc) is 3.44. The van der Waals surface area contributed by atoms with E-state index in [0.717, 1.165) is 11.3 Å². The molecule has 8 heteroatoms. The number of anilines is 1. The van der Waals surface area contributed by atoms with Crippen LogP contribution >= 0.6 is 0 Å².